The molecule has 0 spiro atoms. The number of benzene rings is 1. The maximum absolute atomic E-state index is 12.5. The number of rotatable bonds is 8. The Labute approximate surface area is 156 Å². The highest BCUT2D eigenvalue weighted by Gasteiger charge is 2.26. The standard InChI is InChI=1S/C17H22ClN5OS/c1-2-9-22(10-12-7-8-12)15(24)11-25-17-21-20-16(23(17)19)13-5-3-4-6-14(13)18/h3-6,12H,2,7-11,19H2,1H3. The summed E-state index contributed by atoms with van der Waals surface area (Å²) in [7, 11) is 0. The lowest BCUT2D eigenvalue weighted by atomic mass is 10.2. The molecule has 0 aliphatic heterocycles. The fourth-order valence-corrected chi connectivity index (χ4v) is 3.60. The molecule has 1 amide bonds. The summed E-state index contributed by atoms with van der Waals surface area (Å²) >= 11 is 7.50. The Hall–Kier alpha value is -1.73. The van der Waals surface area contributed by atoms with Crippen LogP contribution in [0.15, 0.2) is 29.4 Å². The first kappa shape index (κ1) is 18.1. The molecule has 1 aromatic carbocycles. The summed E-state index contributed by atoms with van der Waals surface area (Å²) in [5, 5.41) is 9.30. The van der Waals surface area contributed by atoms with Crippen LogP contribution in [0.4, 0.5) is 0 Å². The molecule has 1 saturated carbocycles. The van der Waals surface area contributed by atoms with Crippen LogP contribution in [0.25, 0.3) is 11.4 Å². The topological polar surface area (TPSA) is 77.0 Å². The zero-order valence-electron chi connectivity index (χ0n) is 14.2. The first-order valence-electron chi connectivity index (χ1n) is 8.46. The number of halogens is 1. The second kappa shape index (κ2) is 8.10. The largest absolute Gasteiger partial charge is 0.342 e. The van der Waals surface area contributed by atoms with E-state index in [1.54, 1.807) is 6.07 Å². The number of hydrogen-bond donors (Lipinski definition) is 1. The highest BCUT2D eigenvalue weighted by molar-refractivity contribution is 7.99. The van der Waals surface area contributed by atoms with Crippen molar-refractivity contribution < 1.29 is 4.79 Å². The smallest absolute Gasteiger partial charge is 0.233 e. The maximum Gasteiger partial charge on any atom is 0.233 e. The van der Waals surface area contributed by atoms with Gasteiger partial charge in [0.05, 0.1) is 10.8 Å². The second-order valence-electron chi connectivity index (χ2n) is 6.23. The summed E-state index contributed by atoms with van der Waals surface area (Å²) in [6, 6.07) is 7.34. The number of aromatic nitrogens is 3. The maximum atomic E-state index is 12.5. The lowest BCUT2D eigenvalue weighted by Crippen LogP contribution is -2.35. The van der Waals surface area contributed by atoms with Gasteiger partial charge in [0.25, 0.3) is 0 Å². The van der Waals surface area contributed by atoms with Gasteiger partial charge in [0.15, 0.2) is 5.82 Å². The number of thioether (sulfide) groups is 1. The zero-order valence-corrected chi connectivity index (χ0v) is 15.8. The van der Waals surface area contributed by atoms with Crippen molar-refractivity contribution in [2.45, 2.75) is 31.3 Å². The van der Waals surface area contributed by atoms with Crippen molar-refractivity contribution >= 4 is 29.3 Å². The van der Waals surface area contributed by atoms with Gasteiger partial charge in [0, 0.05) is 18.7 Å². The molecule has 3 rings (SSSR count). The third kappa shape index (κ3) is 4.46. The van der Waals surface area contributed by atoms with E-state index >= 15 is 0 Å². The van der Waals surface area contributed by atoms with Gasteiger partial charge in [-0.25, -0.2) is 4.68 Å². The highest BCUT2D eigenvalue weighted by Crippen LogP contribution is 2.30. The molecular formula is C17H22ClN5OS. The number of carbonyl (C=O) groups is 1. The number of nitrogens with two attached hydrogens (primary N) is 1. The quantitative estimate of drug-likeness (QED) is 0.563. The van der Waals surface area contributed by atoms with Crippen molar-refractivity contribution in [2.75, 3.05) is 24.7 Å². The molecule has 1 aromatic heterocycles. The minimum absolute atomic E-state index is 0.126. The predicted octanol–water partition coefficient (Wildman–Crippen LogP) is 3.05. The Balaban J connectivity index is 1.65. The van der Waals surface area contributed by atoms with Crippen LogP contribution >= 0.6 is 23.4 Å². The van der Waals surface area contributed by atoms with E-state index in [4.69, 9.17) is 17.4 Å². The van der Waals surface area contributed by atoms with Gasteiger partial charge in [-0.3, -0.25) is 4.79 Å². The predicted molar refractivity (Wildman–Crippen MR) is 101 cm³/mol. The van der Waals surface area contributed by atoms with E-state index < -0.39 is 0 Å². The van der Waals surface area contributed by atoms with Crippen molar-refractivity contribution in [2.24, 2.45) is 5.92 Å². The lowest BCUT2D eigenvalue weighted by molar-refractivity contribution is -0.128. The van der Waals surface area contributed by atoms with Crippen molar-refractivity contribution in [3.8, 4) is 11.4 Å². The normalized spacial score (nSPS) is 13.8. The Morgan fingerprint density at radius 3 is 2.84 bits per heavy atom. The van der Waals surface area contributed by atoms with Crippen LogP contribution in [0.1, 0.15) is 26.2 Å². The molecule has 2 aromatic rings. The van der Waals surface area contributed by atoms with Crippen molar-refractivity contribution in [1.82, 2.24) is 19.8 Å². The fraction of sp³-hybridized carbons (Fsp3) is 0.471. The minimum Gasteiger partial charge on any atom is -0.342 e. The van der Waals surface area contributed by atoms with E-state index in [0.717, 1.165) is 25.1 Å². The summed E-state index contributed by atoms with van der Waals surface area (Å²) in [4.78, 5) is 14.5. The summed E-state index contributed by atoms with van der Waals surface area (Å²) in [6.45, 7) is 3.76. The van der Waals surface area contributed by atoms with E-state index in [9.17, 15) is 4.79 Å². The van der Waals surface area contributed by atoms with E-state index in [2.05, 4.69) is 17.1 Å². The van der Waals surface area contributed by atoms with Crippen LogP contribution in [-0.4, -0.2) is 44.5 Å². The summed E-state index contributed by atoms with van der Waals surface area (Å²) in [5.41, 5.74) is 0.721. The van der Waals surface area contributed by atoms with Gasteiger partial charge in [-0.05, 0) is 37.3 Å². The number of nitrogen functional groups attached to an aromatic ring is 1. The van der Waals surface area contributed by atoms with Crippen LogP contribution in [0.5, 0.6) is 0 Å². The van der Waals surface area contributed by atoms with E-state index in [0.29, 0.717) is 27.7 Å². The number of amides is 1. The lowest BCUT2D eigenvalue weighted by Gasteiger charge is -2.21. The molecule has 1 heterocycles. The molecule has 0 atom stereocenters. The molecule has 8 heteroatoms. The molecule has 0 radical (unpaired) electrons. The molecular weight excluding hydrogens is 358 g/mol. The van der Waals surface area contributed by atoms with Gasteiger partial charge in [-0.2, -0.15) is 0 Å². The molecule has 134 valence electrons. The van der Waals surface area contributed by atoms with Crippen molar-refractivity contribution in [3.63, 3.8) is 0 Å². The average molecular weight is 380 g/mol. The Kier molecular flexibility index (Phi) is 5.86. The van der Waals surface area contributed by atoms with Gasteiger partial charge < -0.3 is 10.7 Å². The molecule has 0 unspecified atom stereocenters. The van der Waals surface area contributed by atoms with E-state index in [1.165, 1.54) is 29.3 Å². The summed E-state index contributed by atoms with van der Waals surface area (Å²) < 4.78 is 1.39. The van der Waals surface area contributed by atoms with Crippen molar-refractivity contribution in [3.05, 3.63) is 29.3 Å². The van der Waals surface area contributed by atoms with Crippen LogP contribution in [0, 0.1) is 5.92 Å². The molecule has 0 bridgehead atoms. The zero-order chi connectivity index (χ0) is 17.8. The van der Waals surface area contributed by atoms with Crippen molar-refractivity contribution in [1.29, 1.82) is 0 Å². The second-order valence-corrected chi connectivity index (χ2v) is 7.58. The first-order chi connectivity index (χ1) is 12.1. The Morgan fingerprint density at radius 1 is 1.40 bits per heavy atom. The van der Waals surface area contributed by atoms with Crippen LogP contribution in [-0.2, 0) is 4.79 Å². The molecule has 2 N–H and O–H groups in total. The molecule has 1 aliphatic rings. The van der Waals surface area contributed by atoms with E-state index in [-0.39, 0.29) is 5.91 Å². The monoisotopic (exact) mass is 379 g/mol. The first-order valence-corrected chi connectivity index (χ1v) is 9.82. The average Bonchev–Trinajstić information content (AvgIpc) is 3.35. The third-order valence-corrected chi connectivity index (χ3v) is 5.38. The number of carbonyl (C=O) groups excluding carboxylic acids is 1. The third-order valence-electron chi connectivity index (χ3n) is 4.13. The minimum atomic E-state index is 0.126. The Bertz CT molecular complexity index is 746. The molecule has 0 saturated heterocycles. The van der Waals surface area contributed by atoms with Gasteiger partial charge in [0.1, 0.15) is 0 Å². The molecule has 6 nitrogen and oxygen atoms in total. The fourth-order valence-electron chi connectivity index (χ4n) is 2.62. The van der Waals surface area contributed by atoms with Crippen LogP contribution in [0.3, 0.4) is 0 Å². The number of nitrogens with zero attached hydrogens (tertiary/aromatic N) is 4. The van der Waals surface area contributed by atoms with E-state index in [1.807, 2.05) is 23.1 Å². The summed E-state index contributed by atoms with van der Waals surface area (Å²) in [5.74, 6) is 7.71. The van der Waals surface area contributed by atoms with Crippen LogP contribution < -0.4 is 5.84 Å². The van der Waals surface area contributed by atoms with Gasteiger partial charge in [0.2, 0.25) is 11.1 Å². The number of hydrogen-bond acceptors (Lipinski definition) is 5. The van der Waals surface area contributed by atoms with Gasteiger partial charge in [-0.1, -0.05) is 42.4 Å². The highest BCUT2D eigenvalue weighted by atomic mass is 35.5. The SMILES string of the molecule is CCCN(CC1CC1)C(=O)CSc1nnc(-c2ccccc2Cl)n1N. The molecule has 1 aliphatic carbocycles. The Morgan fingerprint density at radius 2 is 2.16 bits per heavy atom. The van der Waals surface area contributed by atoms with Gasteiger partial charge >= 0.3 is 0 Å². The molecule has 1 fully saturated rings. The van der Waals surface area contributed by atoms with Gasteiger partial charge in [-0.15, -0.1) is 10.2 Å². The molecule has 25 heavy (non-hydrogen) atoms. The summed E-state index contributed by atoms with van der Waals surface area (Å²) in [6.07, 6.45) is 3.44. The van der Waals surface area contributed by atoms with Crippen LogP contribution in [0.2, 0.25) is 5.02 Å².